The third-order valence-electron chi connectivity index (χ3n) is 2.83. The Morgan fingerprint density at radius 2 is 2.23 bits per heavy atom. The summed E-state index contributed by atoms with van der Waals surface area (Å²) in [5.41, 5.74) is 2.47. The van der Waals surface area contributed by atoms with E-state index < -0.39 is 0 Å². The van der Waals surface area contributed by atoms with Gasteiger partial charge in [0.2, 0.25) is 11.0 Å². The van der Waals surface area contributed by atoms with Crippen LogP contribution in [0.25, 0.3) is 0 Å². The number of thiophene rings is 1. The zero-order valence-corrected chi connectivity index (χ0v) is 14.3. The molecule has 6 nitrogen and oxygen atoms in total. The van der Waals surface area contributed by atoms with Crippen LogP contribution in [0.15, 0.2) is 17.5 Å². The van der Waals surface area contributed by atoms with E-state index in [0.29, 0.717) is 16.5 Å². The van der Waals surface area contributed by atoms with E-state index in [4.69, 9.17) is 18.1 Å². The van der Waals surface area contributed by atoms with Crippen molar-refractivity contribution in [3.05, 3.63) is 27.4 Å². The highest BCUT2D eigenvalue weighted by Crippen LogP contribution is 2.18. The smallest absolute Gasteiger partial charge is 0.231 e. The largest absolute Gasteiger partial charge is 0.318 e. The molecule has 0 unspecified atom stereocenters. The SMILES string of the molecule is NNC(=S)CCCCc1nnc(NC(=O)Cc2cccs2)s1. The van der Waals surface area contributed by atoms with Gasteiger partial charge in [-0.1, -0.05) is 29.6 Å². The lowest BCUT2D eigenvalue weighted by molar-refractivity contribution is -0.115. The van der Waals surface area contributed by atoms with Gasteiger partial charge in [0, 0.05) is 11.3 Å². The fourth-order valence-electron chi connectivity index (χ4n) is 1.77. The van der Waals surface area contributed by atoms with E-state index in [1.807, 2.05) is 17.5 Å². The quantitative estimate of drug-likeness (QED) is 0.291. The number of hydrogen-bond acceptors (Lipinski definition) is 7. The molecule has 0 aliphatic carbocycles. The first kappa shape index (κ1) is 16.9. The van der Waals surface area contributed by atoms with Crippen molar-refractivity contribution in [3.63, 3.8) is 0 Å². The predicted molar refractivity (Wildman–Crippen MR) is 94.0 cm³/mol. The molecule has 4 N–H and O–H groups in total. The number of nitrogens with one attached hydrogen (secondary N) is 2. The summed E-state index contributed by atoms with van der Waals surface area (Å²) in [6.45, 7) is 0. The van der Waals surface area contributed by atoms with Crippen LogP contribution in [-0.2, 0) is 17.6 Å². The summed E-state index contributed by atoms with van der Waals surface area (Å²) in [5.74, 6) is 5.15. The van der Waals surface area contributed by atoms with Gasteiger partial charge in [-0.15, -0.1) is 21.5 Å². The fraction of sp³-hybridized carbons (Fsp3) is 0.385. The van der Waals surface area contributed by atoms with Gasteiger partial charge in [-0.05, 0) is 30.7 Å². The van der Waals surface area contributed by atoms with Gasteiger partial charge in [0.25, 0.3) is 0 Å². The van der Waals surface area contributed by atoms with Crippen molar-refractivity contribution in [1.29, 1.82) is 0 Å². The normalized spacial score (nSPS) is 10.4. The average molecular weight is 356 g/mol. The number of nitrogens with zero attached hydrogens (tertiary/aromatic N) is 2. The standard InChI is InChI=1S/C13H17N5OS3/c14-16-11(20)5-1-2-6-12-17-18-13(22-12)15-10(19)8-9-4-3-7-21-9/h3-4,7H,1-2,5-6,8,14H2,(H,16,20)(H,15,18,19). The Kier molecular flexibility index (Phi) is 6.84. The molecule has 0 aliphatic heterocycles. The van der Waals surface area contributed by atoms with Crippen LogP contribution in [0, 0.1) is 0 Å². The second-order valence-corrected chi connectivity index (χ2v) is 7.17. The van der Waals surface area contributed by atoms with Gasteiger partial charge in [0.1, 0.15) is 5.01 Å². The Morgan fingerprint density at radius 3 is 2.95 bits per heavy atom. The first-order valence-corrected chi connectivity index (χ1v) is 8.92. The van der Waals surface area contributed by atoms with Gasteiger partial charge in [0.15, 0.2) is 0 Å². The molecule has 2 aromatic rings. The van der Waals surface area contributed by atoms with Crippen LogP contribution in [-0.4, -0.2) is 21.1 Å². The minimum absolute atomic E-state index is 0.0653. The molecular weight excluding hydrogens is 338 g/mol. The highest BCUT2D eigenvalue weighted by Gasteiger charge is 2.09. The number of hydrogen-bond donors (Lipinski definition) is 3. The average Bonchev–Trinajstić information content (AvgIpc) is 3.15. The fourth-order valence-corrected chi connectivity index (χ4v) is 3.42. The molecule has 0 radical (unpaired) electrons. The van der Waals surface area contributed by atoms with Gasteiger partial charge in [-0.3, -0.25) is 10.6 Å². The molecule has 0 fully saturated rings. The molecule has 0 saturated heterocycles. The number of thiocarbonyl (C=S) groups is 1. The van der Waals surface area contributed by atoms with Crippen LogP contribution in [0.3, 0.4) is 0 Å². The summed E-state index contributed by atoms with van der Waals surface area (Å²) in [6.07, 6.45) is 3.87. The van der Waals surface area contributed by atoms with Crippen molar-refractivity contribution < 1.29 is 4.79 Å². The lowest BCUT2D eigenvalue weighted by atomic mass is 10.2. The second kappa shape index (κ2) is 8.89. The van der Waals surface area contributed by atoms with Crippen molar-refractivity contribution in [2.45, 2.75) is 32.1 Å². The first-order chi connectivity index (χ1) is 10.7. The van der Waals surface area contributed by atoms with Crippen molar-refractivity contribution in [1.82, 2.24) is 15.6 Å². The van der Waals surface area contributed by atoms with Gasteiger partial charge >= 0.3 is 0 Å². The monoisotopic (exact) mass is 355 g/mol. The molecular formula is C13H17N5OS3. The number of hydrazine groups is 1. The van der Waals surface area contributed by atoms with Crippen molar-refractivity contribution in [2.24, 2.45) is 5.84 Å². The Labute approximate surface area is 142 Å². The molecule has 0 bridgehead atoms. The van der Waals surface area contributed by atoms with Gasteiger partial charge in [0.05, 0.1) is 11.4 Å². The van der Waals surface area contributed by atoms with E-state index in [1.54, 1.807) is 11.3 Å². The van der Waals surface area contributed by atoms with E-state index >= 15 is 0 Å². The van der Waals surface area contributed by atoms with Gasteiger partial charge in [-0.25, -0.2) is 0 Å². The van der Waals surface area contributed by atoms with E-state index in [0.717, 1.165) is 35.6 Å². The molecule has 0 spiro atoms. The van der Waals surface area contributed by atoms with E-state index in [2.05, 4.69) is 20.9 Å². The summed E-state index contributed by atoms with van der Waals surface area (Å²) < 4.78 is 0. The molecule has 2 aromatic heterocycles. The number of aromatic nitrogens is 2. The number of amides is 1. The molecule has 0 saturated carbocycles. The Hall–Kier alpha value is -1.42. The topological polar surface area (TPSA) is 92.9 Å². The summed E-state index contributed by atoms with van der Waals surface area (Å²) in [5, 5.41) is 14.3. The van der Waals surface area contributed by atoms with Crippen molar-refractivity contribution >= 4 is 50.9 Å². The molecule has 2 rings (SSSR count). The maximum absolute atomic E-state index is 11.9. The zero-order valence-electron chi connectivity index (χ0n) is 11.9. The number of anilines is 1. The molecule has 22 heavy (non-hydrogen) atoms. The Morgan fingerprint density at radius 1 is 1.36 bits per heavy atom. The predicted octanol–water partition coefficient (Wildman–Crippen LogP) is 2.28. The number of nitrogens with two attached hydrogens (primary N) is 1. The summed E-state index contributed by atoms with van der Waals surface area (Å²) >= 11 is 7.96. The van der Waals surface area contributed by atoms with E-state index in [-0.39, 0.29) is 5.91 Å². The highest BCUT2D eigenvalue weighted by molar-refractivity contribution is 7.80. The molecule has 9 heteroatoms. The van der Waals surface area contributed by atoms with Gasteiger partial charge < -0.3 is 10.7 Å². The number of rotatable bonds is 8. The summed E-state index contributed by atoms with van der Waals surface area (Å²) in [4.78, 5) is 13.6. The van der Waals surface area contributed by atoms with Crippen LogP contribution in [0.4, 0.5) is 5.13 Å². The minimum atomic E-state index is -0.0653. The minimum Gasteiger partial charge on any atom is -0.318 e. The number of carbonyl (C=O) groups excluding carboxylic acids is 1. The molecule has 118 valence electrons. The molecule has 0 aromatic carbocycles. The van der Waals surface area contributed by atoms with Crippen LogP contribution >= 0.6 is 34.9 Å². The Balaban J connectivity index is 1.71. The third kappa shape index (κ3) is 5.76. The van der Waals surface area contributed by atoms with Crippen molar-refractivity contribution in [3.8, 4) is 0 Å². The third-order valence-corrected chi connectivity index (χ3v) is 4.93. The molecule has 2 heterocycles. The van der Waals surface area contributed by atoms with E-state index in [1.165, 1.54) is 11.3 Å². The molecule has 0 atom stereocenters. The lowest BCUT2D eigenvalue weighted by Gasteiger charge is -2.00. The highest BCUT2D eigenvalue weighted by atomic mass is 32.1. The van der Waals surface area contributed by atoms with Crippen LogP contribution in [0.2, 0.25) is 0 Å². The van der Waals surface area contributed by atoms with Crippen LogP contribution < -0.4 is 16.6 Å². The lowest BCUT2D eigenvalue weighted by Crippen LogP contribution is -2.28. The van der Waals surface area contributed by atoms with E-state index in [9.17, 15) is 4.79 Å². The molecule has 0 aliphatic rings. The first-order valence-electron chi connectivity index (χ1n) is 6.81. The summed E-state index contributed by atoms with van der Waals surface area (Å²) in [6, 6.07) is 3.87. The van der Waals surface area contributed by atoms with Crippen LogP contribution in [0.5, 0.6) is 0 Å². The maximum Gasteiger partial charge on any atom is 0.231 e. The van der Waals surface area contributed by atoms with Crippen LogP contribution in [0.1, 0.15) is 29.1 Å². The maximum atomic E-state index is 11.9. The number of aryl methyl sites for hydroxylation is 1. The Bertz CT molecular complexity index is 611. The van der Waals surface area contributed by atoms with Crippen molar-refractivity contribution in [2.75, 3.05) is 5.32 Å². The number of unbranched alkanes of at least 4 members (excludes halogenated alkanes) is 1. The zero-order chi connectivity index (χ0) is 15.8. The summed E-state index contributed by atoms with van der Waals surface area (Å²) in [7, 11) is 0. The second-order valence-electron chi connectivity index (χ2n) is 4.58. The molecule has 1 amide bonds. The van der Waals surface area contributed by atoms with Gasteiger partial charge in [-0.2, -0.15) is 0 Å². The number of carbonyl (C=O) groups is 1.